The zero-order chi connectivity index (χ0) is 21.9. The monoisotopic (exact) mass is 413 g/mol. The van der Waals surface area contributed by atoms with Crippen LogP contribution in [0.5, 0.6) is 0 Å². The Balaban J connectivity index is 1.56. The molecule has 0 radical (unpaired) electrons. The fourth-order valence-corrected chi connectivity index (χ4v) is 8.85. The highest BCUT2D eigenvalue weighted by Crippen LogP contribution is 2.69. The summed E-state index contributed by atoms with van der Waals surface area (Å²) in [5.41, 5.74) is 1.94. The highest BCUT2D eigenvalue weighted by molar-refractivity contribution is 5.80. The van der Waals surface area contributed by atoms with Crippen molar-refractivity contribution in [1.29, 1.82) is 0 Å². The highest BCUT2D eigenvalue weighted by atomic mass is 16.1. The van der Waals surface area contributed by atoms with E-state index >= 15 is 0 Å². The van der Waals surface area contributed by atoms with E-state index in [1.807, 2.05) is 0 Å². The van der Waals surface area contributed by atoms with E-state index in [1.54, 1.807) is 0 Å². The standard InChI is InChI=1S/C28H47NO/c1-18(2)9-8-10-19(3)21-12-13-22-20-11-14-24-28(7,23(20)15-16-27(21,22)6)26(4,5)17-25(30)29-24/h14,18-23H,8-13,15-17H2,1-7H3,(H,29,30)/t19-,20+,21-,22+,23+,27-,28-/m1/s1. The van der Waals surface area contributed by atoms with Gasteiger partial charge in [-0.3, -0.25) is 4.79 Å². The van der Waals surface area contributed by atoms with E-state index in [0.29, 0.717) is 11.8 Å². The lowest BCUT2D eigenvalue weighted by molar-refractivity contribution is -0.136. The van der Waals surface area contributed by atoms with Gasteiger partial charge in [0.15, 0.2) is 0 Å². The van der Waals surface area contributed by atoms with Gasteiger partial charge in [-0.25, -0.2) is 0 Å². The molecule has 3 aliphatic carbocycles. The molecule has 0 unspecified atom stereocenters. The number of amides is 1. The van der Waals surface area contributed by atoms with Crippen molar-refractivity contribution in [2.45, 2.75) is 106 Å². The number of nitrogens with one attached hydrogen (secondary N) is 1. The van der Waals surface area contributed by atoms with Crippen molar-refractivity contribution in [1.82, 2.24) is 5.32 Å². The molecule has 7 atom stereocenters. The van der Waals surface area contributed by atoms with Crippen molar-refractivity contribution in [2.24, 2.45) is 51.8 Å². The smallest absolute Gasteiger partial charge is 0.224 e. The molecule has 2 nitrogen and oxygen atoms in total. The minimum absolute atomic E-state index is 0.0421. The number of allylic oxidation sites excluding steroid dienone is 2. The maximum atomic E-state index is 12.4. The first kappa shape index (κ1) is 22.4. The maximum Gasteiger partial charge on any atom is 0.224 e. The second-order valence-electron chi connectivity index (χ2n) is 13.1. The van der Waals surface area contributed by atoms with Crippen molar-refractivity contribution in [3.63, 3.8) is 0 Å². The van der Waals surface area contributed by atoms with Crippen LogP contribution in [0.25, 0.3) is 0 Å². The van der Waals surface area contributed by atoms with E-state index in [0.717, 1.165) is 35.5 Å². The number of piperidine rings is 1. The SMILES string of the molecule is CC(C)CCC[C@@H](C)[C@H]1CC[C@H]2[C@@H]3CC=C4NC(=O)CC(C)(C)[C@]4(C)[C@H]3CC[C@]12C. The summed E-state index contributed by atoms with van der Waals surface area (Å²) < 4.78 is 0. The molecule has 0 spiro atoms. The first-order valence-corrected chi connectivity index (χ1v) is 13.0. The lowest BCUT2D eigenvalue weighted by atomic mass is 9.44. The topological polar surface area (TPSA) is 29.1 Å². The molecular weight excluding hydrogens is 366 g/mol. The van der Waals surface area contributed by atoms with E-state index in [-0.39, 0.29) is 16.7 Å². The quantitative estimate of drug-likeness (QED) is 0.501. The third kappa shape index (κ3) is 3.30. The fourth-order valence-electron chi connectivity index (χ4n) is 8.85. The van der Waals surface area contributed by atoms with Crippen LogP contribution in [0.1, 0.15) is 106 Å². The number of fused-ring (bicyclic) bond motifs is 5. The van der Waals surface area contributed by atoms with Crippen molar-refractivity contribution in [3.05, 3.63) is 11.8 Å². The molecule has 0 aromatic heterocycles. The van der Waals surface area contributed by atoms with Gasteiger partial charge in [0.2, 0.25) is 5.91 Å². The van der Waals surface area contributed by atoms with E-state index in [1.165, 1.54) is 57.1 Å². The molecule has 2 heteroatoms. The molecule has 2 saturated carbocycles. The van der Waals surface area contributed by atoms with Gasteiger partial charge in [-0.05, 0) is 78.4 Å². The lowest BCUT2D eigenvalue weighted by Crippen LogP contribution is -2.59. The van der Waals surface area contributed by atoms with Crippen LogP contribution >= 0.6 is 0 Å². The van der Waals surface area contributed by atoms with Gasteiger partial charge in [0.1, 0.15) is 0 Å². The van der Waals surface area contributed by atoms with Gasteiger partial charge in [0, 0.05) is 17.5 Å². The van der Waals surface area contributed by atoms with Gasteiger partial charge in [0.05, 0.1) is 0 Å². The first-order valence-electron chi connectivity index (χ1n) is 13.0. The molecule has 0 aromatic carbocycles. The van der Waals surface area contributed by atoms with Crippen LogP contribution in [-0.2, 0) is 4.79 Å². The second kappa shape index (κ2) is 7.66. The molecule has 4 rings (SSSR count). The van der Waals surface area contributed by atoms with E-state index in [9.17, 15) is 4.79 Å². The molecular formula is C28H47NO. The molecule has 170 valence electrons. The van der Waals surface area contributed by atoms with Gasteiger partial charge in [0.25, 0.3) is 0 Å². The van der Waals surface area contributed by atoms with Crippen molar-refractivity contribution in [3.8, 4) is 0 Å². The molecule has 3 fully saturated rings. The molecule has 1 heterocycles. The molecule has 0 bridgehead atoms. The van der Waals surface area contributed by atoms with Gasteiger partial charge in [-0.2, -0.15) is 0 Å². The van der Waals surface area contributed by atoms with E-state index in [2.05, 4.69) is 59.9 Å². The molecule has 1 aliphatic heterocycles. The van der Waals surface area contributed by atoms with Crippen LogP contribution in [0.4, 0.5) is 0 Å². The first-order chi connectivity index (χ1) is 14.0. The minimum Gasteiger partial charge on any atom is -0.330 e. The van der Waals surface area contributed by atoms with E-state index < -0.39 is 0 Å². The largest absolute Gasteiger partial charge is 0.330 e. The Labute approximate surface area is 186 Å². The molecule has 4 aliphatic rings. The minimum atomic E-state index is 0.0421. The summed E-state index contributed by atoms with van der Waals surface area (Å²) in [6.45, 7) is 17.1. The van der Waals surface area contributed by atoms with Gasteiger partial charge < -0.3 is 5.32 Å². The summed E-state index contributed by atoms with van der Waals surface area (Å²) in [6, 6.07) is 0. The molecule has 0 aromatic rings. The van der Waals surface area contributed by atoms with E-state index in [4.69, 9.17) is 0 Å². The predicted molar refractivity (Wildman–Crippen MR) is 126 cm³/mol. The summed E-state index contributed by atoms with van der Waals surface area (Å²) in [5, 5.41) is 3.30. The third-order valence-corrected chi connectivity index (χ3v) is 10.8. The summed E-state index contributed by atoms with van der Waals surface area (Å²) in [7, 11) is 0. The number of hydrogen-bond donors (Lipinski definition) is 1. The van der Waals surface area contributed by atoms with Gasteiger partial charge in [-0.1, -0.05) is 73.8 Å². The highest BCUT2D eigenvalue weighted by Gasteiger charge is 2.63. The van der Waals surface area contributed by atoms with Crippen LogP contribution < -0.4 is 5.32 Å². The number of carbonyl (C=O) groups excluding carboxylic acids is 1. The average molecular weight is 414 g/mol. The Morgan fingerprint density at radius 3 is 2.47 bits per heavy atom. The summed E-state index contributed by atoms with van der Waals surface area (Å²) >= 11 is 0. The molecule has 1 saturated heterocycles. The van der Waals surface area contributed by atoms with Gasteiger partial charge in [-0.15, -0.1) is 0 Å². The predicted octanol–water partition coefficient (Wildman–Crippen LogP) is 7.35. The summed E-state index contributed by atoms with van der Waals surface area (Å²) in [4.78, 5) is 12.4. The Morgan fingerprint density at radius 2 is 1.77 bits per heavy atom. The molecule has 30 heavy (non-hydrogen) atoms. The number of rotatable bonds is 5. The maximum absolute atomic E-state index is 12.4. The zero-order valence-electron chi connectivity index (χ0n) is 20.8. The second-order valence-corrected chi connectivity index (χ2v) is 13.1. The average Bonchev–Trinajstić information content (AvgIpc) is 2.99. The van der Waals surface area contributed by atoms with Crippen LogP contribution in [-0.4, -0.2) is 5.91 Å². The van der Waals surface area contributed by atoms with Crippen LogP contribution in [0, 0.1) is 51.8 Å². The van der Waals surface area contributed by atoms with Crippen molar-refractivity contribution >= 4 is 5.91 Å². The van der Waals surface area contributed by atoms with Crippen molar-refractivity contribution in [2.75, 3.05) is 0 Å². The Morgan fingerprint density at radius 1 is 1.03 bits per heavy atom. The summed E-state index contributed by atoms with van der Waals surface area (Å²) in [6.07, 6.45) is 14.1. The number of hydrogen-bond acceptors (Lipinski definition) is 1. The molecule has 1 amide bonds. The molecule has 1 N–H and O–H groups in total. The fraction of sp³-hybridized carbons (Fsp3) is 0.893. The van der Waals surface area contributed by atoms with Crippen LogP contribution in [0.3, 0.4) is 0 Å². The van der Waals surface area contributed by atoms with Crippen LogP contribution in [0.15, 0.2) is 11.8 Å². The normalized spacial score (nSPS) is 43.3. The van der Waals surface area contributed by atoms with Gasteiger partial charge >= 0.3 is 0 Å². The number of carbonyl (C=O) groups is 1. The lowest BCUT2D eigenvalue weighted by Gasteiger charge is -2.62. The Kier molecular flexibility index (Phi) is 5.72. The van der Waals surface area contributed by atoms with Crippen LogP contribution in [0.2, 0.25) is 0 Å². The van der Waals surface area contributed by atoms with Crippen molar-refractivity contribution < 1.29 is 4.79 Å². The Bertz CT molecular complexity index is 705. The zero-order valence-corrected chi connectivity index (χ0v) is 20.8. The third-order valence-electron chi connectivity index (χ3n) is 10.8. The summed E-state index contributed by atoms with van der Waals surface area (Å²) in [5.74, 6) is 5.23. The Hall–Kier alpha value is -0.790.